The Hall–Kier alpha value is -1.65. The third-order valence-corrected chi connectivity index (χ3v) is 3.56. The van der Waals surface area contributed by atoms with Gasteiger partial charge in [-0.2, -0.15) is 0 Å². The highest BCUT2D eigenvalue weighted by Gasteiger charge is 2.17. The molecular formula is C16H19ClFN3. The van der Waals surface area contributed by atoms with Crippen molar-refractivity contribution in [2.45, 2.75) is 25.8 Å². The minimum atomic E-state index is -0.268. The van der Waals surface area contributed by atoms with Crippen molar-refractivity contribution in [3.8, 4) is 0 Å². The van der Waals surface area contributed by atoms with E-state index in [1.807, 2.05) is 12.1 Å². The number of anilines is 1. The van der Waals surface area contributed by atoms with Crippen molar-refractivity contribution < 1.29 is 4.39 Å². The molecule has 3 N–H and O–H groups in total. The molecule has 1 unspecified atom stereocenters. The Kier molecular flexibility index (Phi) is 5.53. The van der Waals surface area contributed by atoms with Gasteiger partial charge in [-0.05, 0) is 49.2 Å². The Bertz CT molecular complexity index is 604. The largest absolute Gasteiger partial charge is 0.383 e. The molecule has 1 atom stereocenters. The van der Waals surface area contributed by atoms with Crippen LogP contribution in [0.2, 0.25) is 5.02 Å². The van der Waals surface area contributed by atoms with Gasteiger partial charge in [-0.25, -0.2) is 9.37 Å². The maximum atomic E-state index is 14.1. The average Bonchev–Trinajstić information content (AvgIpc) is 2.48. The van der Waals surface area contributed by atoms with Crippen LogP contribution in [0.3, 0.4) is 0 Å². The van der Waals surface area contributed by atoms with Gasteiger partial charge >= 0.3 is 0 Å². The summed E-state index contributed by atoms with van der Waals surface area (Å²) in [6.07, 6.45) is 3.17. The number of aromatic nitrogens is 1. The maximum Gasteiger partial charge on any atom is 0.128 e. The zero-order chi connectivity index (χ0) is 15.2. The first kappa shape index (κ1) is 15.7. The van der Waals surface area contributed by atoms with E-state index < -0.39 is 0 Å². The summed E-state index contributed by atoms with van der Waals surface area (Å²) in [5, 5.41) is 3.87. The van der Waals surface area contributed by atoms with Gasteiger partial charge in [-0.1, -0.05) is 24.6 Å². The molecule has 0 aliphatic heterocycles. The Morgan fingerprint density at radius 2 is 2.19 bits per heavy atom. The lowest BCUT2D eigenvalue weighted by molar-refractivity contribution is 0.497. The molecule has 0 amide bonds. The first-order chi connectivity index (χ1) is 10.1. The van der Waals surface area contributed by atoms with Gasteiger partial charge in [0.1, 0.15) is 11.6 Å². The number of hydrogen-bond donors (Lipinski definition) is 2. The van der Waals surface area contributed by atoms with Crippen LogP contribution in [0.15, 0.2) is 36.5 Å². The van der Waals surface area contributed by atoms with Gasteiger partial charge in [0.05, 0.1) is 0 Å². The second-order valence-corrected chi connectivity index (χ2v) is 5.36. The van der Waals surface area contributed by atoms with Crippen LogP contribution in [0.25, 0.3) is 0 Å². The Morgan fingerprint density at radius 1 is 1.38 bits per heavy atom. The van der Waals surface area contributed by atoms with Gasteiger partial charge in [0.15, 0.2) is 0 Å². The van der Waals surface area contributed by atoms with Gasteiger partial charge in [0, 0.05) is 22.8 Å². The quantitative estimate of drug-likeness (QED) is 0.854. The van der Waals surface area contributed by atoms with Crippen LogP contribution < -0.4 is 11.1 Å². The SMILES string of the molecule is CCCNC(Cc1cccnc1N)c1cc(Cl)ccc1F. The van der Waals surface area contributed by atoms with E-state index in [4.69, 9.17) is 17.3 Å². The topological polar surface area (TPSA) is 50.9 Å². The van der Waals surface area contributed by atoms with Crippen LogP contribution in [0.5, 0.6) is 0 Å². The summed E-state index contributed by atoms with van der Waals surface area (Å²) < 4.78 is 14.1. The summed E-state index contributed by atoms with van der Waals surface area (Å²) >= 11 is 6.00. The molecule has 5 heteroatoms. The number of rotatable bonds is 6. The maximum absolute atomic E-state index is 14.1. The van der Waals surface area contributed by atoms with Gasteiger partial charge in [0.2, 0.25) is 0 Å². The Labute approximate surface area is 129 Å². The number of hydrogen-bond acceptors (Lipinski definition) is 3. The first-order valence-corrected chi connectivity index (χ1v) is 7.37. The molecule has 0 aliphatic rings. The van der Waals surface area contributed by atoms with Crippen LogP contribution >= 0.6 is 11.6 Å². The lowest BCUT2D eigenvalue weighted by Crippen LogP contribution is -2.25. The highest BCUT2D eigenvalue weighted by Crippen LogP contribution is 2.25. The van der Waals surface area contributed by atoms with Gasteiger partial charge < -0.3 is 11.1 Å². The predicted molar refractivity (Wildman–Crippen MR) is 84.8 cm³/mol. The van der Waals surface area contributed by atoms with E-state index in [0.29, 0.717) is 22.8 Å². The van der Waals surface area contributed by atoms with Crippen LogP contribution in [0.1, 0.15) is 30.5 Å². The molecule has 0 bridgehead atoms. The highest BCUT2D eigenvalue weighted by molar-refractivity contribution is 6.30. The van der Waals surface area contributed by atoms with Gasteiger partial charge in [0.25, 0.3) is 0 Å². The summed E-state index contributed by atoms with van der Waals surface area (Å²) in [6.45, 7) is 2.85. The van der Waals surface area contributed by atoms with Crippen LogP contribution in [-0.4, -0.2) is 11.5 Å². The number of pyridine rings is 1. The summed E-state index contributed by atoms with van der Waals surface area (Å²) in [7, 11) is 0. The van der Waals surface area contributed by atoms with Crippen molar-refractivity contribution in [1.29, 1.82) is 0 Å². The molecule has 0 saturated carbocycles. The van der Waals surface area contributed by atoms with Crippen molar-refractivity contribution in [2.24, 2.45) is 0 Å². The molecule has 21 heavy (non-hydrogen) atoms. The Morgan fingerprint density at radius 3 is 2.90 bits per heavy atom. The molecule has 0 spiro atoms. The number of halogens is 2. The van der Waals surface area contributed by atoms with Crippen molar-refractivity contribution in [3.63, 3.8) is 0 Å². The van der Waals surface area contributed by atoms with E-state index >= 15 is 0 Å². The average molecular weight is 308 g/mol. The molecule has 1 aromatic heterocycles. The van der Waals surface area contributed by atoms with E-state index in [-0.39, 0.29) is 11.9 Å². The summed E-state index contributed by atoms with van der Waals surface area (Å²) in [5.74, 6) is 0.207. The zero-order valence-corrected chi connectivity index (χ0v) is 12.7. The van der Waals surface area contributed by atoms with E-state index in [1.165, 1.54) is 6.07 Å². The lowest BCUT2D eigenvalue weighted by atomic mass is 9.98. The molecule has 112 valence electrons. The third-order valence-electron chi connectivity index (χ3n) is 3.32. The van der Waals surface area contributed by atoms with Crippen molar-refractivity contribution in [2.75, 3.05) is 12.3 Å². The monoisotopic (exact) mass is 307 g/mol. The summed E-state index contributed by atoms with van der Waals surface area (Å²) in [4.78, 5) is 4.08. The number of nitrogens with zero attached hydrogens (tertiary/aromatic N) is 1. The van der Waals surface area contributed by atoms with Crippen molar-refractivity contribution >= 4 is 17.4 Å². The fourth-order valence-corrected chi connectivity index (χ4v) is 2.42. The second-order valence-electron chi connectivity index (χ2n) is 4.92. The molecular weight excluding hydrogens is 289 g/mol. The summed E-state index contributed by atoms with van der Waals surface area (Å²) in [6, 6.07) is 8.16. The smallest absolute Gasteiger partial charge is 0.128 e. The number of nitrogens with two attached hydrogens (primary N) is 1. The molecule has 1 heterocycles. The fourth-order valence-electron chi connectivity index (χ4n) is 2.24. The molecule has 2 rings (SSSR count). The van der Waals surface area contributed by atoms with E-state index in [9.17, 15) is 4.39 Å². The first-order valence-electron chi connectivity index (χ1n) is 6.99. The zero-order valence-electron chi connectivity index (χ0n) is 11.9. The molecule has 3 nitrogen and oxygen atoms in total. The molecule has 2 aromatic rings. The van der Waals surface area contributed by atoms with E-state index in [2.05, 4.69) is 17.2 Å². The van der Waals surface area contributed by atoms with Gasteiger partial charge in [-0.15, -0.1) is 0 Å². The number of nitrogens with one attached hydrogen (secondary N) is 1. The van der Waals surface area contributed by atoms with Crippen molar-refractivity contribution in [3.05, 3.63) is 58.5 Å². The molecule has 1 aromatic carbocycles. The summed E-state index contributed by atoms with van der Waals surface area (Å²) in [5.41, 5.74) is 7.33. The fraction of sp³-hybridized carbons (Fsp3) is 0.312. The minimum absolute atomic E-state index is 0.185. The highest BCUT2D eigenvalue weighted by atomic mass is 35.5. The van der Waals surface area contributed by atoms with Crippen LogP contribution in [0.4, 0.5) is 10.2 Å². The normalized spacial score (nSPS) is 12.3. The third kappa shape index (κ3) is 4.16. The predicted octanol–water partition coefficient (Wildman–Crippen LogP) is 3.74. The molecule has 0 fully saturated rings. The van der Waals surface area contributed by atoms with E-state index in [1.54, 1.807) is 18.3 Å². The lowest BCUT2D eigenvalue weighted by Gasteiger charge is -2.20. The standard InChI is InChI=1S/C16H19ClFN3/c1-2-7-20-15(9-11-4-3-8-21-16(11)19)13-10-12(17)5-6-14(13)18/h3-6,8,10,15,20H,2,7,9H2,1H3,(H2,19,21). The number of nitrogen functional groups attached to an aromatic ring is 1. The molecule has 0 radical (unpaired) electrons. The number of benzene rings is 1. The van der Waals surface area contributed by atoms with Crippen LogP contribution in [0, 0.1) is 5.82 Å². The van der Waals surface area contributed by atoms with Gasteiger partial charge in [-0.3, -0.25) is 0 Å². The molecule has 0 saturated heterocycles. The van der Waals surface area contributed by atoms with Crippen molar-refractivity contribution in [1.82, 2.24) is 10.3 Å². The second kappa shape index (κ2) is 7.38. The van der Waals surface area contributed by atoms with Crippen LogP contribution in [-0.2, 0) is 6.42 Å². The Balaban J connectivity index is 2.30. The van der Waals surface area contributed by atoms with E-state index in [0.717, 1.165) is 18.5 Å². The minimum Gasteiger partial charge on any atom is -0.383 e. The molecule has 0 aliphatic carbocycles.